The van der Waals surface area contributed by atoms with Gasteiger partial charge in [-0.05, 0) is 30.0 Å². The molecular weight excluding hydrogens is 152 g/mol. The molecule has 0 saturated carbocycles. The number of hydrogen-bond acceptors (Lipinski definition) is 2. The van der Waals surface area contributed by atoms with Gasteiger partial charge in [-0.2, -0.15) is 0 Å². The Labute approximate surface area is 72.1 Å². The fourth-order valence-electron chi connectivity index (χ4n) is 1.56. The second-order valence-corrected chi connectivity index (χ2v) is 2.97. The van der Waals surface area contributed by atoms with E-state index >= 15 is 0 Å². The van der Waals surface area contributed by atoms with E-state index in [4.69, 9.17) is 9.47 Å². The summed E-state index contributed by atoms with van der Waals surface area (Å²) in [5.41, 5.74) is 2.71. The predicted octanol–water partition coefficient (Wildman–Crippen LogP) is 1.80. The van der Waals surface area contributed by atoms with E-state index in [0.29, 0.717) is 0 Å². The lowest BCUT2D eigenvalue weighted by atomic mass is 9.87. The van der Waals surface area contributed by atoms with E-state index in [1.165, 1.54) is 11.1 Å². The molecule has 0 atom stereocenters. The van der Waals surface area contributed by atoms with Crippen LogP contribution in [0.2, 0.25) is 0 Å². The van der Waals surface area contributed by atoms with Gasteiger partial charge in [-0.3, -0.25) is 0 Å². The maximum Gasteiger partial charge on any atom is 0.126 e. The summed E-state index contributed by atoms with van der Waals surface area (Å²) in [6.07, 6.45) is 2.30. The number of hydrogen-bond donors (Lipinski definition) is 0. The van der Waals surface area contributed by atoms with Crippen molar-refractivity contribution < 1.29 is 9.47 Å². The van der Waals surface area contributed by atoms with Crippen LogP contribution in [0.4, 0.5) is 0 Å². The van der Waals surface area contributed by atoms with Crippen molar-refractivity contribution in [3.63, 3.8) is 0 Å². The van der Waals surface area contributed by atoms with E-state index in [1.807, 2.05) is 6.07 Å². The third-order valence-corrected chi connectivity index (χ3v) is 2.37. The molecule has 0 aromatic heterocycles. The predicted molar refractivity (Wildman–Crippen MR) is 47.0 cm³/mol. The van der Waals surface area contributed by atoms with Crippen molar-refractivity contribution in [1.29, 1.82) is 0 Å². The second-order valence-electron chi connectivity index (χ2n) is 2.97. The van der Waals surface area contributed by atoms with Gasteiger partial charge in [-0.25, -0.2) is 0 Å². The number of benzene rings is 1. The monoisotopic (exact) mass is 164 g/mol. The Morgan fingerprint density at radius 2 is 1.92 bits per heavy atom. The molecule has 0 bridgehead atoms. The molecule has 1 aromatic carbocycles. The van der Waals surface area contributed by atoms with Crippen LogP contribution in [0.15, 0.2) is 12.1 Å². The van der Waals surface area contributed by atoms with Crippen molar-refractivity contribution in [2.24, 2.45) is 0 Å². The first-order chi connectivity index (χ1) is 5.85. The molecule has 0 fully saturated rings. The van der Waals surface area contributed by atoms with Gasteiger partial charge < -0.3 is 9.47 Å². The fourth-order valence-corrected chi connectivity index (χ4v) is 1.56. The van der Waals surface area contributed by atoms with Gasteiger partial charge >= 0.3 is 0 Å². The minimum atomic E-state index is 0.894. The Morgan fingerprint density at radius 1 is 1.08 bits per heavy atom. The summed E-state index contributed by atoms with van der Waals surface area (Å²) in [6.45, 7) is 0. The molecule has 0 amide bonds. The van der Waals surface area contributed by atoms with E-state index in [9.17, 15) is 0 Å². The van der Waals surface area contributed by atoms with E-state index in [2.05, 4.69) is 6.07 Å². The van der Waals surface area contributed by atoms with Crippen LogP contribution in [0.3, 0.4) is 0 Å². The lowest BCUT2D eigenvalue weighted by Crippen LogP contribution is -2.10. The molecule has 2 rings (SSSR count). The summed E-state index contributed by atoms with van der Waals surface area (Å²) in [5.74, 6) is 1.86. The van der Waals surface area contributed by atoms with Crippen molar-refractivity contribution >= 4 is 0 Å². The second kappa shape index (κ2) is 2.70. The van der Waals surface area contributed by atoms with Crippen LogP contribution in [0, 0.1) is 0 Å². The molecule has 0 N–H and O–H groups in total. The number of fused-ring (bicyclic) bond motifs is 1. The van der Waals surface area contributed by atoms with Crippen LogP contribution < -0.4 is 9.47 Å². The molecule has 1 aromatic rings. The molecule has 1 aliphatic rings. The average molecular weight is 164 g/mol. The van der Waals surface area contributed by atoms with Gasteiger partial charge in [-0.1, -0.05) is 0 Å². The van der Waals surface area contributed by atoms with Crippen LogP contribution in [0.5, 0.6) is 11.5 Å². The van der Waals surface area contributed by atoms with E-state index in [0.717, 1.165) is 24.3 Å². The third kappa shape index (κ3) is 0.951. The first-order valence-corrected chi connectivity index (χ1v) is 4.09. The van der Waals surface area contributed by atoms with E-state index < -0.39 is 0 Å². The highest BCUT2D eigenvalue weighted by Crippen LogP contribution is 2.35. The van der Waals surface area contributed by atoms with Gasteiger partial charge in [-0.15, -0.1) is 0 Å². The van der Waals surface area contributed by atoms with Crippen molar-refractivity contribution in [3.8, 4) is 11.5 Å². The molecule has 0 unspecified atom stereocenters. The normalized spacial score (nSPS) is 13.2. The largest absolute Gasteiger partial charge is 0.497 e. The third-order valence-electron chi connectivity index (χ3n) is 2.37. The van der Waals surface area contributed by atoms with E-state index in [-0.39, 0.29) is 0 Å². The molecule has 2 nitrogen and oxygen atoms in total. The van der Waals surface area contributed by atoms with Crippen LogP contribution in [0.1, 0.15) is 11.1 Å². The van der Waals surface area contributed by atoms with Crippen LogP contribution in [0.25, 0.3) is 0 Å². The Kier molecular flexibility index (Phi) is 1.68. The molecule has 0 heterocycles. The maximum absolute atomic E-state index is 5.24. The van der Waals surface area contributed by atoms with Gasteiger partial charge in [0, 0.05) is 6.07 Å². The molecule has 0 spiro atoms. The summed E-state index contributed by atoms with van der Waals surface area (Å²) < 4.78 is 10.4. The van der Waals surface area contributed by atoms with Gasteiger partial charge in [0.1, 0.15) is 11.5 Å². The standard InChI is InChI=1S/C10H12O2/c1-11-8-5-7-3-4-9(7)10(6-8)12-2/h5-6H,3-4H2,1-2H3. The maximum atomic E-state index is 5.24. The Bertz CT molecular complexity index is 305. The topological polar surface area (TPSA) is 18.5 Å². The smallest absolute Gasteiger partial charge is 0.126 e. The number of methoxy groups -OCH3 is 2. The Morgan fingerprint density at radius 3 is 2.42 bits per heavy atom. The van der Waals surface area contributed by atoms with Gasteiger partial charge in [0.2, 0.25) is 0 Å². The number of aryl methyl sites for hydroxylation is 1. The van der Waals surface area contributed by atoms with Gasteiger partial charge in [0.05, 0.1) is 14.2 Å². The zero-order chi connectivity index (χ0) is 8.55. The highest BCUT2D eigenvalue weighted by atomic mass is 16.5. The minimum Gasteiger partial charge on any atom is -0.497 e. The van der Waals surface area contributed by atoms with E-state index in [1.54, 1.807) is 14.2 Å². The average Bonchev–Trinajstić information content (AvgIpc) is 2.06. The lowest BCUT2D eigenvalue weighted by Gasteiger charge is -2.22. The summed E-state index contributed by atoms with van der Waals surface area (Å²) >= 11 is 0. The van der Waals surface area contributed by atoms with Crippen molar-refractivity contribution in [3.05, 3.63) is 23.3 Å². The first-order valence-electron chi connectivity index (χ1n) is 4.09. The van der Waals surface area contributed by atoms with Crippen molar-refractivity contribution in [1.82, 2.24) is 0 Å². The first kappa shape index (κ1) is 7.47. The fraction of sp³-hybridized carbons (Fsp3) is 0.400. The Balaban J connectivity index is 2.47. The summed E-state index contributed by atoms with van der Waals surface area (Å²) in [6, 6.07) is 4.03. The zero-order valence-corrected chi connectivity index (χ0v) is 7.39. The molecular formula is C10H12O2. The molecule has 0 radical (unpaired) electrons. The van der Waals surface area contributed by atoms with Crippen molar-refractivity contribution in [2.75, 3.05) is 14.2 Å². The molecule has 0 aliphatic heterocycles. The Hall–Kier alpha value is -1.18. The number of ether oxygens (including phenoxy) is 2. The number of rotatable bonds is 2. The molecule has 0 saturated heterocycles. The molecule has 64 valence electrons. The molecule has 2 heteroatoms. The summed E-state index contributed by atoms with van der Waals surface area (Å²) in [4.78, 5) is 0. The lowest BCUT2D eigenvalue weighted by molar-refractivity contribution is 0.386. The molecule has 1 aliphatic carbocycles. The van der Waals surface area contributed by atoms with Gasteiger partial charge in [0.25, 0.3) is 0 Å². The highest BCUT2D eigenvalue weighted by molar-refractivity contribution is 5.51. The minimum absolute atomic E-state index is 0.894. The quantitative estimate of drug-likeness (QED) is 0.663. The highest BCUT2D eigenvalue weighted by Gasteiger charge is 2.19. The SMILES string of the molecule is COc1cc2c(c(OC)c1)CC2. The zero-order valence-electron chi connectivity index (χ0n) is 7.39. The van der Waals surface area contributed by atoms with Crippen molar-refractivity contribution in [2.45, 2.75) is 12.8 Å². The van der Waals surface area contributed by atoms with Crippen LogP contribution in [-0.2, 0) is 12.8 Å². The van der Waals surface area contributed by atoms with Crippen LogP contribution in [-0.4, -0.2) is 14.2 Å². The molecule has 12 heavy (non-hydrogen) atoms. The van der Waals surface area contributed by atoms with Crippen LogP contribution >= 0.6 is 0 Å². The summed E-state index contributed by atoms with van der Waals surface area (Å²) in [7, 11) is 3.38. The summed E-state index contributed by atoms with van der Waals surface area (Å²) in [5, 5.41) is 0. The van der Waals surface area contributed by atoms with Gasteiger partial charge in [0.15, 0.2) is 0 Å².